The van der Waals surface area contributed by atoms with Crippen LogP contribution in [0, 0.1) is 11.7 Å². The zero-order chi connectivity index (χ0) is 21.1. The lowest BCUT2D eigenvalue weighted by Gasteiger charge is -2.47. The fraction of sp³-hybridized carbons (Fsp3) is 0.417. The number of carbonyl (C=O) groups excluding carboxylic acids is 2. The molecule has 30 heavy (non-hydrogen) atoms. The number of carbonyl (C=O) groups is 2. The number of methoxy groups -OCH3 is 1. The van der Waals surface area contributed by atoms with Gasteiger partial charge < -0.3 is 14.4 Å². The molecular weight excluding hydrogens is 385 g/mol. The molecule has 0 aliphatic carbocycles. The van der Waals surface area contributed by atoms with Crippen LogP contribution in [0.25, 0.3) is 0 Å². The average molecular weight is 411 g/mol. The van der Waals surface area contributed by atoms with E-state index in [1.54, 1.807) is 6.07 Å². The summed E-state index contributed by atoms with van der Waals surface area (Å²) in [6, 6.07) is 13.8. The number of ketones is 1. The molecule has 0 aromatic heterocycles. The number of benzene rings is 2. The van der Waals surface area contributed by atoms with E-state index in [-0.39, 0.29) is 42.0 Å². The Morgan fingerprint density at radius 3 is 2.40 bits per heavy atom. The first kappa shape index (κ1) is 20.4. The lowest BCUT2D eigenvalue weighted by atomic mass is 9.76. The number of ether oxygens (including phenoxy) is 2. The van der Waals surface area contributed by atoms with Crippen molar-refractivity contribution in [1.29, 1.82) is 0 Å². The van der Waals surface area contributed by atoms with Gasteiger partial charge in [-0.25, -0.2) is 9.18 Å². The number of nitrogens with zero attached hydrogens (tertiary/aromatic N) is 1. The normalized spacial score (nSPS) is 23.0. The van der Waals surface area contributed by atoms with Gasteiger partial charge in [0.25, 0.3) is 0 Å². The van der Waals surface area contributed by atoms with E-state index in [4.69, 9.17) is 9.47 Å². The molecule has 2 aliphatic rings. The van der Waals surface area contributed by atoms with E-state index in [0.29, 0.717) is 18.6 Å². The van der Waals surface area contributed by atoms with Crippen LogP contribution in [0.5, 0.6) is 5.75 Å². The van der Waals surface area contributed by atoms with Crippen molar-refractivity contribution < 1.29 is 23.5 Å². The Labute approximate surface area is 175 Å². The predicted molar refractivity (Wildman–Crippen MR) is 110 cm³/mol. The van der Waals surface area contributed by atoms with E-state index in [0.717, 1.165) is 24.8 Å². The Morgan fingerprint density at radius 2 is 1.77 bits per heavy atom. The monoisotopic (exact) mass is 411 g/mol. The van der Waals surface area contributed by atoms with E-state index in [9.17, 15) is 14.0 Å². The highest BCUT2D eigenvalue weighted by atomic mass is 19.1. The van der Waals surface area contributed by atoms with Gasteiger partial charge >= 0.3 is 6.09 Å². The van der Waals surface area contributed by atoms with Crippen molar-refractivity contribution in [3.05, 3.63) is 65.5 Å². The number of hydrogen-bond donors (Lipinski definition) is 0. The highest BCUT2D eigenvalue weighted by Crippen LogP contribution is 2.39. The van der Waals surface area contributed by atoms with Gasteiger partial charge in [0, 0.05) is 24.1 Å². The largest absolute Gasteiger partial charge is 0.497 e. The summed E-state index contributed by atoms with van der Waals surface area (Å²) in [4.78, 5) is 27.6. The lowest BCUT2D eigenvalue weighted by Crippen LogP contribution is -2.55. The molecule has 2 fully saturated rings. The van der Waals surface area contributed by atoms with Crippen LogP contribution in [0.1, 0.15) is 48.0 Å². The van der Waals surface area contributed by atoms with Crippen molar-refractivity contribution in [2.24, 2.45) is 5.92 Å². The topological polar surface area (TPSA) is 55.8 Å². The highest BCUT2D eigenvalue weighted by molar-refractivity contribution is 5.98. The van der Waals surface area contributed by atoms with Crippen molar-refractivity contribution in [3.8, 4) is 5.75 Å². The van der Waals surface area contributed by atoms with E-state index in [2.05, 4.69) is 0 Å². The smallest absolute Gasteiger partial charge is 0.410 e. The highest BCUT2D eigenvalue weighted by Gasteiger charge is 2.44. The van der Waals surface area contributed by atoms with Gasteiger partial charge in [-0.05, 0) is 49.8 Å². The molecule has 2 aliphatic heterocycles. The lowest BCUT2D eigenvalue weighted by molar-refractivity contribution is 0.00464. The van der Waals surface area contributed by atoms with Crippen molar-refractivity contribution >= 4 is 11.9 Å². The molecule has 2 saturated heterocycles. The van der Waals surface area contributed by atoms with Gasteiger partial charge in [0.05, 0.1) is 12.7 Å². The molecule has 2 bridgehead atoms. The molecule has 0 saturated carbocycles. The molecule has 0 radical (unpaired) electrons. The van der Waals surface area contributed by atoms with E-state index in [1.807, 2.05) is 35.2 Å². The molecule has 1 amide bonds. The number of hydrogen-bond acceptors (Lipinski definition) is 4. The molecule has 5 nitrogen and oxygen atoms in total. The maximum Gasteiger partial charge on any atom is 0.410 e. The minimum absolute atomic E-state index is 0.0453. The number of fused-ring (bicyclic) bond motifs is 2. The Morgan fingerprint density at radius 1 is 1.07 bits per heavy atom. The van der Waals surface area contributed by atoms with Crippen LogP contribution in [-0.4, -0.2) is 36.0 Å². The second kappa shape index (κ2) is 8.86. The summed E-state index contributed by atoms with van der Waals surface area (Å²) in [7, 11) is 1.46. The van der Waals surface area contributed by atoms with E-state index < -0.39 is 5.82 Å². The third-order valence-electron chi connectivity index (χ3n) is 6.20. The summed E-state index contributed by atoms with van der Waals surface area (Å²) in [5, 5.41) is 0. The maximum absolute atomic E-state index is 14.4. The standard InChI is InChI=1S/C24H26FNO4/c1-29-20-10-11-21(22(25)14-20)23(27)17-12-18-8-5-9-19(13-17)26(18)24(28)30-15-16-6-3-2-4-7-16/h2-4,6-7,10-11,14,17-19H,5,8-9,12-13,15H2,1H3. The summed E-state index contributed by atoms with van der Waals surface area (Å²) >= 11 is 0. The van der Waals surface area contributed by atoms with Gasteiger partial charge in [0.1, 0.15) is 18.2 Å². The van der Waals surface area contributed by atoms with Gasteiger partial charge in [-0.15, -0.1) is 0 Å². The van der Waals surface area contributed by atoms with Crippen LogP contribution in [0.2, 0.25) is 0 Å². The van der Waals surface area contributed by atoms with Gasteiger partial charge in [0.15, 0.2) is 5.78 Å². The van der Waals surface area contributed by atoms with Crippen molar-refractivity contribution in [2.75, 3.05) is 7.11 Å². The molecule has 2 unspecified atom stereocenters. The SMILES string of the molecule is COc1ccc(C(=O)C2CC3CCCC(C2)N3C(=O)OCc2ccccc2)c(F)c1. The summed E-state index contributed by atoms with van der Waals surface area (Å²) < 4.78 is 25.0. The van der Waals surface area contributed by atoms with Crippen LogP contribution in [0.15, 0.2) is 48.5 Å². The molecule has 0 spiro atoms. The minimum atomic E-state index is -0.561. The van der Waals surface area contributed by atoms with Crippen LogP contribution in [-0.2, 0) is 11.3 Å². The molecular formula is C24H26FNO4. The van der Waals surface area contributed by atoms with Crippen molar-refractivity contribution in [1.82, 2.24) is 4.90 Å². The molecule has 6 heteroatoms. The fourth-order valence-corrected chi connectivity index (χ4v) is 4.73. The Balaban J connectivity index is 1.44. The number of piperidine rings is 2. The average Bonchev–Trinajstić information content (AvgIpc) is 2.76. The Kier molecular flexibility index (Phi) is 6.02. The van der Waals surface area contributed by atoms with Gasteiger partial charge in [-0.3, -0.25) is 4.79 Å². The van der Waals surface area contributed by atoms with Crippen LogP contribution in [0.4, 0.5) is 9.18 Å². The number of halogens is 1. The van der Waals surface area contributed by atoms with Gasteiger partial charge in [0.2, 0.25) is 0 Å². The number of Topliss-reactive ketones (excluding diaryl/α,β-unsaturated/α-hetero) is 1. The Hall–Kier alpha value is -2.89. The maximum atomic E-state index is 14.4. The van der Waals surface area contributed by atoms with Crippen molar-refractivity contribution in [2.45, 2.75) is 50.8 Å². The summed E-state index contributed by atoms with van der Waals surface area (Å²) in [6.07, 6.45) is 3.46. The summed E-state index contributed by atoms with van der Waals surface area (Å²) in [5.41, 5.74) is 1.04. The second-order valence-electron chi connectivity index (χ2n) is 8.06. The molecule has 2 aromatic rings. The minimum Gasteiger partial charge on any atom is -0.497 e. The molecule has 2 heterocycles. The van der Waals surface area contributed by atoms with Crippen LogP contribution in [0.3, 0.4) is 0 Å². The first-order chi connectivity index (χ1) is 14.6. The molecule has 2 aromatic carbocycles. The molecule has 2 atom stereocenters. The Bertz CT molecular complexity index is 903. The summed E-state index contributed by atoms with van der Waals surface area (Å²) in [6.45, 7) is 0.231. The molecule has 4 rings (SSSR count). The first-order valence-corrected chi connectivity index (χ1v) is 10.4. The van der Waals surface area contributed by atoms with Gasteiger partial charge in [-0.2, -0.15) is 0 Å². The van der Waals surface area contributed by atoms with Crippen LogP contribution >= 0.6 is 0 Å². The first-order valence-electron chi connectivity index (χ1n) is 10.4. The third-order valence-corrected chi connectivity index (χ3v) is 6.20. The molecule has 0 N–H and O–H groups in total. The zero-order valence-corrected chi connectivity index (χ0v) is 17.1. The van der Waals surface area contributed by atoms with E-state index in [1.165, 1.54) is 19.2 Å². The molecule has 158 valence electrons. The van der Waals surface area contributed by atoms with Gasteiger partial charge in [-0.1, -0.05) is 30.3 Å². The van der Waals surface area contributed by atoms with Crippen LogP contribution < -0.4 is 4.74 Å². The number of amides is 1. The quantitative estimate of drug-likeness (QED) is 0.651. The fourth-order valence-electron chi connectivity index (χ4n) is 4.73. The third kappa shape index (κ3) is 4.18. The van der Waals surface area contributed by atoms with E-state index >= 15 is 0 Å². The van der Waals surface area contributed by atoms with Crippen molar-refractivity contribution in [3.63, 3.8) is 0 Å². The number of rotatable bonds is 5. The summed E-state index contributed by atoms with van der Waals surface area (Å²) in [5.74, 6) is -0.656. The predicted octanol–water partition coefficient (Wildman–Crippen LogP) is 4.99. The second-order valence-corrected chi connectivity index (χ2v) is 8.06. The zero-order valence-electron chi connectivity index (χ0n) is 17.1.